The second-order valence-corrected chi connectivity index (χ2v) is 4.99. The summed E-state index contributed by atoms with van der Waals surface area (Å²) in [5, 5.41) is 3.36. The predicted molar refractivity (Wildman–Crippen MR) is 69.6 cm³/mol. The average molecular weight is 250 g/mol. The third kappa shape index (κ3) is 2.90. The lowest BCUT2D eigenvalue weighted by Crippen LogP contribution is -2.16. The molecule has 0 fully saturated rings. The molecule has 2 nitrogen and oxygen atoms in total. The van der Waals surface area contributed by atoms with Gasteiger partial charge in [0, 0.05) is 27.6 Å². The average Bonchev–Trinajstić information content (AvgIpc) is 2.78. The molecule has 2 aromatic heterocycles. The number of hydrogen-bond acceptors (Lipinski definition) is 3. The van der Waals surface area contributed by atoms with Gasteiger partial charge < -0.3 is 5.32 Å². The summed E-state index contributed by atoms with van der Waals surface area (Å²) in [7, 11) is 0. The second-order valence-electron chi connectivity index (χ2n) is 3.87. The van der Waals surface area contributed by atoms with Gasteiger partial charge in [-0.2, -0.15) is 0 Å². The van der Waals surface area contributed by atoms with Gasteiger partial charge >= 0.3 is 0 Å². The Kier molecular flexibility index (Phi) is 3.86. The molecule has 0 saturated carbocycles. The monoisotopic (exact) mass is 250 g/mol. The molecule has 4 heteroatoms. The number of nitrogens with zero attached hydrogens (tertiary/aromatic N) is 1. The summed E-state index contributed by atoms with van der Waals surface area (Å²) >= 11 is 1.67. The van der Waals surface area contributed by atoms with Gasteiger partial charge in [-0.05, 0) is 31.7 Å². The first kappa shape index (κ1) is 12.2. The number of halogens is 1. The van der Waals surface area contributed by atoms with E-state index in [1.807, 2.05) is 6.07 Å². The molecule has 0 amide bonds. The summed E-state index contributed by atoms with van der Waals surface area (Å²) in [5.74, 6) is -0.294. The predicted octanol–water partition coefficient (Wildman–Crippen LogP) is 3.62. The van der Waals surface area contributed by atoms with Crippen LogP contribution in [0.3, 0.4) is 0 Å². The van der Waals surface area contributed by atoms with E-state index < -0.39 is 0 Å². The molecule has 0 saturated heterocycles. The molecule has 0 spiro atoms. The van der Waals surface area contributed by atoms with Gasteiger partial charge in [0.1, 0.15) is 5.82 Å². The van der Waals surface area contributed by atoms with Crippen molar-refractivity contribution in [3.8, 4) is 10.4 Å². The second kappa shape index (κ2) is 5.38. The van der Waals surface area contributed by atoms with Crippen molar-refractivity contribution in [3.05, 3.63) is 41.3 Å². The quantitative estimate of drug-likeness (QED) is 0.896. The number of nitrogens with one attached hydrogen (secondary N) is 1. The SMILES string of the molecule is CCNC(C)c1ccc(-c2cncc(F)c2)s1. The summed E-state index contributed by atoms with van der Waals surface area (Å²) in [6.07, 6.45) is 2.91. The number of thiophene rings is 1. The molecule has 0 aromatic carbocycles. The highest BCUT2D eigenvalue weighted by Gasteiger charge is 2.09. The highest BCUT2D eigenvalue weighted by molar-refractivity contribution is 7.15. The van der Waals surface area contributed by atoms with E-state index >= 15 is 0 Å². The Bertz CT molecular complexity index is 496. The molecule has 0 aliphatic carbocycles. The summed E-state index contributed by atoms with van der Waals surface area (Å²) in [5.41, 5.74) is 0.838. The van der Waals surface area contributed by atoms with Crippen LogP contribution in [0.5, 0.6) is 0 Å². The van der Waals surface area contributed by atoms with E-state index in [-0.39, 0.29) is 5.82 Å². The van der Waals surface area contributed by atoms with E-state index in [4.69, 9.17) is 0 Å². The van der Waals surface area contributed by atoms with Crippen LogP contribution < -0.4 is 5.32 Å². The summed E-state index contributed by atoms with van der Waals surface area (Å²) in [6, 6.07) is 5.95. The van der Waals surface area contributed by atoms with Gasteiger partial charge in [-0.3, -0.25) is 4.98 Å². The van der Waals surface area contributed by atoms with E-state index in [1.165, 1.54) is 17.1 Å². The van der Waals surface area contributed by atoms with Crippen LogP contribution in [0.25, 0.3) is 10.4 Å². The number of rotatable bonds is 4. The Labute approximate surface area is 105 Å². The third-order valence-corrected chi connectivity index (χ3v) is 3.87. The Morgan fingerprint density at radius 1 is 1.41 bits per heavy atom. The first-order valence-corrected chi connectivity index (χ1v) is 6.46. The summed E-state index contributed by atoms with van der Waals surface area (Å²) in [6.45, 7) is 5.15. The molecule has 17 heavy (non-hydrogen) atoms. The van der Waals surface area contributed by atoms with Crippen LogP contribution in [-0.4, -0.2) is 11.5 Å². The molecule has 0 radical (unpaired) electrons. The molecule has 0 aliphatic heterocycles. The van der Waals surface area contributed by atoms with Crippen LogP contribution >= 0.6 is 11.3 Å². The van der Waals surface area contributed by atoms with Crippen molar-refractivity contribution in [2.45, 2.75) is 19.9 Å². The number of aromatic nitrogens is 1. The fraction of sp³-hybridized carbons (Fsp3) is 0.308. The first-order valence-electron chi connectivity index (χ1n) is 5.64. The Hall–Kier alpha value is -1.26. The van der Waals surface area contributed by atoms with Gasteiger partial charge in [-0.15, -0.1) is 11.3 Å². The van der Waals surface area contributed by atoms with Crippen LogP contribution in [0, 0.1) is 5.82 Å². The smallest absolute Gasteiger partial charge is 0.142 e. The van der Waals surface area contributed by atoms with Crippen LogP contribution in [0.15, 0.2) is 30.6 Å². The van der Waals surface area contributed by atoms with Crippen LogP contribution in [0.1, 0.15) is 24.8 Å². The van der Waals surface area contributed by atoms with Crippen molar-refractivity contribution in [3.63, 3.8) is 0 Å². The van der Waals surface area contributed by atoms with Gasteiger partial charge in [0.15, 0.2) is 0 Å². The molecule has 1 N–H and O–H groups in total. The van der Waals surface area contributed by atoms with Crippen LogP contribution in [0.4, 0.5) is 4.39 Å². The zero-order chi connectivity index (χ0) is 12.3. The maximum Gasteiger partial charge on any atom is 0.142 e. The largest absolute Gasteiger partial charge is 0.310 e. The molecule has 90 valence electrons. The van der Waals surface area contributed by atoms with E-state index in [0.717, 1.165) is 17.0 Å². The normalized spacial score (nSPS) is 12.6. The van der Waals surface area contributed by atoms with E-state index in [1.54, 1.807) is 17.5 Å². The third-order valence-electron chi connectivity index (χ3n) is 2.55. The molecular weight excluding hydrogens is 235 g/mol. The molecule has 1 unspecified atom stereocenters. The van der Waals surface area contributed by atoms with Crippen molar-refractivity contribution >= 4 is 11.3 Å². The molecular formula is C13H15FN2S. The van der Waals surface area contributed by atoms with Gasteiger partial charge in [-0.25, -0.2) is 4.39 Å². The standard InChI is InChI=1S/C13H15FN2S/c1-3-16-9(2)12-4-5-13(17-12)10-6-11(14)8-15-7-10/h4-9,16H,3H2,1-2H3. The van der Waals surface area contributed by atoms with Crippen molar-refractivity contribution in [1.29, 1.82) is 0 Å². The Morgan fingerprint density at radius 2 is 2.24 bits per heavy atom. The molecule has 2 rings (SSSR count). The summed E-state index contributed by atoms with van der Waals surface area (Å²) in [4.78, 5) is 6.18. The van der Waals surface area contributed by atoms with Gasteiger partial charge in [-0.1, -0.05) is 6.92 Å². The fourth-order valence-corrected chi connectivity index (χ4v) is 2.71. The molecule has 1 atom stereocenters. The van der Waals surface area contributed by atoms with Gasteiger partial charge in [0.25, 0.3) is 0 Å². The van der Waals surface area contributed by atoms with E-state index in [2.05, 4.69) is 30.2 Å². The minimum Gasteiger partial charge on any atom is -0.310 e. The van der Waals surface area contributed by atoms with Crippen molar-refractivity contribution in [2.75, 3.05) is 6.54 Å². The van der Waals surface area contributed by atoms with Crippen molar-refractivity contribution in [2.24, 2.45) is 0 Å². The minimum absolute atomic E-state index is 0.294. The minimum atomic E-state index is -0.294. The zero-order valence-electron chi connectivity index (χ0n) is 9.90. The number of pyridine rings is 1. The maximum absolute atomic E-state index is 13.1. The lowest BCUT2D eigenvalue weighted by atomic mass is 10.2. The lowest BCUT2D eigenvalue weighted by Gasteiger charge is -2.08. The summed E-state index contributed by atoms with van der Waals surface area (Å²) < 4.78 is 13.1. The molecule has 2 aromatic rings. The Morgan fingerprint density at radius 3 is 2.94 bits per heavy atom. The van der Waals surface area contributed by atoms with Crippen LogP contribution in [-0.2, 0) is 0 Å². The maximum atomic E-state index is 13.1. The topological polar surface area (TPSA) is 24.9 Å². The van der Waals surface area contributed by atoms with E-state index in [0.29, 0.717) is 6.04 Å². The zero-order valence-corrected chi connectivity index (χ0v) is 10.7. The fourth-order valence-electron chi connectivity index (χ4n) is 1.69. The molecule has 2 heterocycles. The van der Waals surface area contributed by atoms with Gasteiger partial charge in [0.2, 0.25) is 0 Å². The highest BCUT2D eigenvalue weighted by Crippen LogP contribution is 2.31. The van der Waals surface area contributed by atoms with Crippen molar-refractivity contribution in [1.82, 2.24) is 10.3 Å². The first-order chi connectivity index (χ1) is 8.20. The molecule has 0 bridgehead atoms. The van der Waals surface area contributed by atoms with Crippen LogP contribution in [0.2, 0.25) is 0 Å². The van der Waals surface area contributed by atoms with E-state index in [9.17, 15) is 4.39 Å². The lowest BCUT2D eigenvalue weighted by molar-refractivity contribution is 0.607. The highest BCUT2D eigenvalue weighted by atomic mass is 32.1. The Balaban J connectivity index is 2.23. The van der Waals surface area contributed by atoms with Gasteiger partial charge in [0.05, 0.1) is 6.20 Å². The van der Waals surface area contributed by atoms with Crippen molar-refractivity contribution < 1.29 is 4.39 Å². The number of hydrogen-bond donors (Lipinski definition) is 1. The molecule has 0 aliphatic rings.